The van der Waals surface area contributed by atoms with E-state index in [0.29, 0.717) is 0 Å². The van der Waals surface area contributed by atoms with E-state index in [1.54, 1.807) is 0 Å². The molecule has 0 saturated heterocycles. The number of ether oxygens (including phenoxy) is 1. The summed E-state index contributed by atoms with van der Waals surface area (Å²) in [5, 5.41) is 2.15. The third-order valence-corrected chi connectivity index (χ3v) is 3.71. The minimum absolute atomic E-state index is 0.225. The predicted octanol–water partition coefficient (Wildman–Crippen LogP) is 1.70. The highest BCUT2D eigenvalue weighted by atomic mass is 32.2. The Morgan fingerprint density at radius 2 is 1.95 bits per heavy atom. The van der Waals surface area contributed by atoms with Crippen molar-refractivity contribution in [3.05, 3.63) is 24.0 Å². The average molecular weight is 315 g/mol. The van der Waals surface area contributed by atoms with Crippen LogP contribution in [0.15, 0.2) is 23.1 Å². The number of hydrogen-bond donors (Lipinski definition) is 1. The van der Waals surface area contributed by atoms with Crippen LogP contribution in [0.1, 0.15) is 0 Å². The van der Waals surface area contributed by atoms with Gasteiger partial charge in [-0.15, -0.1) is 0 Å². The number of sulfone groups is 1. The molecule has 0 spiro atoms. The maximum atomic E-state index is 13.0. The summed E-state index contributed by atoms with van der Waals surface area (Å²) in [6.07, 6.45) is 0. The summed E-state index contributed by atoms with van der Waals surface area (Å²) in [4.78, 5) is 9.58. The maximum Gasteiger partial charge on any atom is 0.501 e. The van der Waals surface area contributed by atoms with Crippen LogP contribution in [0.4, 0.5) is 23.2 Å². The van der Waals surface area contributed by atoms with Crippen molar-refractivity contribution in [2.24, 2.45) is 0 Å². The number of esters is 1. The Labute approximate surface area is 111 Å². The van der Waals surface area contributed by atoms with Gasteiger partial charge in [-0.05, 0) is 18.2 Å². The minimum Gasteiger partial charge on any atom is -0.468 e. The fraction of sp³-hybridized carbons (Fsp3) is 0.300. The first-order chi connectivity index (χ1) is 9.09. The molecule has 0 radical (unpaired) electrons. The van der Waals surface area contributed by atoms with Gasteiger partial charge in [0.05, 0.1) is 12.8 Å². The Morgan fingerprint density at radius 1 is 1.35 bits per heavy atom. The molecule has 0 aliphatic rings. The summed E-state index contributed by atoms with van der Waals surface area (Å²) < 4.78 is 77.2. The van der Waals surface area contributed by atoms with Gasteiger partial charge in [0.25, 0.3) is 9.84 Å². The second-order valence-corrected chi connectivity index (χ2v) is 5.43. The molecule has 0 unspecified atom stereocenters. The van der Waals surface area contributed by atoms with Crippen LogP contribution in [-0.2, 0) is 19.4 Å². The molecule has 0 amide bonds. The van der Waals surface area contributed by atoms with E-state index in [0.717, 1.165) is 19.2 Å². The Bertz CT molecular complexity index is 612. The normalized spacial score (nSPS) is 12.1. The largest absolute Gasteiger partial charge is 0.501 e. The van der Waals surface area contributed by atoms with Crippen LogP contribution in [-0.4, -0.2) is 33.5 Å². The van der Waals surface area contributed by atoms with E-state index in [1.807, 2.05) is 0 Å². The third kappa shape index (κ3) is 3.38. The molecule has 112 valence electrons. The number of halogens is 4. The van der Waals surface area contributed by atoms with Crippen molar-refractivity contribution in [2.75, 3.05) is 19.0 Å². The molecule has 10 heteroatoms. The second kappa shape index (κ2) is 5.65. The maximum absolute atomic E-state index is 13.0. The van der Waals surface area contributed by atoms with Crippen molar-refractivity contribution in [1.29, 1.82) is 0 Å². The molecule has 5 nitrogen and oxygen atoms in total. The number of alkyl halides is 3. The van der Waals surface area contributed by atoms with Crippen LogP contribution in [0.3, 0.4) is 0 Å². The molecule has 0 bridgehead atoms. The number of methoxy groups -OCH3 is 1. The van der Waals surface area contributed by atoms with Crippen molar-refractivity contribution in [1.82, 2.24) is 0 Å². The van der Waals surface area contributed by atoms with E-state index >= 15 is 0 Å². The molecule has 1 N–H and O–H groups in total. The van der Waals surface area contributed by atoms with E-state index in [2.05, 4.69) is 10.1 Å². The van der Waals surface area contributed by atoms with Gasteiger partial charge in [-0.25, -0.2) is 12.8 Å². The quantitative estimate of drug-likeness (QED) is 0.676. The molecule has 0 heterocycles. The van der Waals surface area contributed by atoms with Crippen LogP contribution in [0.5, 0.6) is 0 Å². The SMILES string of the molecule is COC(=O)CNc1ccc(F)cc1S(=O)(=O)C(F)(F)F. The van der Waals surface area contributed by atoms with Crippen LogP contribution >= 0.6 is 0 Å². The van der Waals surface area contributed by atoms with Crippen molar-refractivity contribution < 1.29 is 35.5 Å². The first-order valence-electron chi connectivity index (χ1n) is 5.01. The topological polar surface area (TPSA) is 72.5 Å². The van der Waals surface area contributed by atoms with Crippen molar-refractivity contribution in [2.45, 2.75) is 10.4 Å². The lowest BCUT2D eigenvalue weighted by Crippen LogP contribution is -2.25. The highest BCUT2D eigenvalue weighted by Crippen LogP contribution is 2.34. The van der Waals surface area contributed by atoms with E-state index in [-0.39, 0.29) is 6.07 Å². The Balaban J connectivity index is 3.25. The van der Waals surface area contributed by atoms with Crippen LogP contribution in [0, 0.1) is 5.82 Å². The molecule has 1 aromatic carbocycles. The van der Waals surface area contributed by atoms with Gasteiger partial charge in [0.2, 0.25) is 0 Å². The Hall–Kier alpha value is -1.84. The fourth-order valence-corrected chi connectivity index (χ4v) is 2.18. The third-order valence-electron chi connectivity index (χ3n) is 2.19. The summed E-state index contributed by atoms with van der Waals surface area (Å²) in [6.45, 7) is -0.567. The van der Waals surface area contributed by atoms with Crippen LogP contribution in [0.2, 0.25) is 0 Å². The average Bonchev–Trinajstić information content (AvgIpc) is 2.35. The molecule has 0 aromatic heterocycles. The standard InChI is InChI=1S/C10H9F4NO4S/c1-19-9(16)5-15-7-3-2-6(11)4-8(7)20(17,18)10(12,13)14/h2-4,15H,5H2,1H3. The lowest BCUT2D eigenvalue weighted by atomic mass is 10.3. The zero-order chi connectivity index (χ0) is 15.6. The molecular formula is C10H9F4NO4S. The summed E-state index contributed by atoms with van der Waals surface area (Å²) in [6, 6.07) is 1.77. The van der Waals surface area contributed by atoms with Gasteiger partial charge >= 0.3 is 11.5 Å². The lowest BCUT2D eigenvalue weighted by molar-refractivity contribution is -0.138. The molecular weight excluding hydrogens is 306 g/mol. The minimum atomic E-state index is -5.74. The van der Waals surface area contributed by atoms with Gasteiger partial charge in [0.15, 0.2) is 0 Å². The second-order valence-electron chi connectivity index (χ2n) is 3.52. The number of nitrogens with one attached hydrogen (secondary N) is 1. The smallest absolute Gasteiger partial charge is 0.468 e. The van der Waals surface area contributed by atoms with Gasteiger partial charge < -0.3 is 10.1 Å². The molecule has 0 saturated carbocycles. The van der Waals surface area contributed by atoms with Crippen LogP contribution < -0.4 is 5.32 Å². The molecule has 0 fully saturated rings. The monoisotopic (exact) mass is 315 g/mol. The summed E-state index contributed by atoms with van der Waals surface area (Å²) in [5.41, 5.74) is -6.13. The first-order valence-corrected chi connectivity index (χ1v) is 6.49. The predicted molar refractivity (Wildman–Crippen MR) is 60.1 cm³/mol. The number of hydrogen-bond acceptors (Lipinski definition) is 5. The molecule has 20 heavy (non-hydrogen) atoms. The summed E-state index contributed by atoms with van der Waals surface area (Å²) >= 11 is 0. The Kier molecular flexibility index (Phi) is 4.58. The number of benzene rings is 1. The molecule has 0 aliphatic carbocycles. The number of carbonyl (C=O) groups excluding carboxylic acids is 1. The molecule has 0 atom stereocenters. The Morgan fingerprint density at radius 3 is 2.45 bits per heavy atom. The zero-order valence-corrected chi connectivity index (χ0v) is 10.8. The van der Waals surface area contributed by atoms with Gasteiger partial charge in [-0.2, -0.15) is 13.2 Å². The first kappa shape index (κ1) is 16.2. The zero-order valence-electron chi connectivity index (χ0n) is 9.99. The summed E-state index contributed by atoms with van der Waals surface area (Å²) in [7, 11) is -4.70. The van der Waals surface area contributed by atoms with Crippen molar-refractivity contribution in [3.8, 4) is 0 Å². The van der Waals surface area contributed by atoms with Gasteiger partial charge in [0.1, 0.15) is 17.3 Å². The highest BCUT2D eigenvalue weighted by molar-refractivity contribution is 7.92. The van der Waals surface area contributed by atoms with E-state index in [9.17, 15) is 30.8 Å². The van der Waals surface area contributed by atoms with E-state index < -0.39 is 44.3 Å². The van der Waals surface area contributed by atoms with Crippen molar-refractivity contribution >= 4 is 21.5 Å². The van der Waals surface area contributed by atoms with Gasteiger partial charge in [-0.3, -0.25) is 4.79 Å². The fourth-order valence-electron chi connectivity index (χ4n) is 1.23. The number of rotatable bonds is 4. The van der Waals surface area contributed by atoms with Crippen molar-refractivity contribution in [3.63, 3.8) is 0 Å². The number of anilines is 1. The van der Waals surface area contributed by atoms with E-state index in [4.69, 9.17) is 0 Å². The van der Waals surface area contributed by atoms with Gasteiger partial charge in [0, 0.05) is 0 Å². The lowest BCUT2D eigenvalue weighted by Gasteiger charge is -2.13. The van der Waals surface area contributed by atoms with Crippen LogP contribution in [0.25, 0.3) is 0 Å². The molecule has 1 rings (SSSR count). The molecule has 1 aromatic rings. The van der Waals surface area contributed by atoms with Gasteiger partial charge in [-0.1, -0.05) is 0 Å². The molecule has 0 aliphatic heterocycles. The summed E-state index contributed by atoms with van der Waals surface area (Å²) in [5.74, 6) is -1.99. The number of carbonyl (C=O) groups is 1. The van der Waals surface area contributed by atoms with E-state index in [1.165, 1.54) is 0 Å². The highest BCUT2D eigenvalue weighted by Gasteiger charge is 2.48.